The Morgan fingerprint density at radius 1 is 1.03 bits per heavy atom. The molecule has 0 saturated carbocycles. The van der Waals surface area contributed by atoms with Crippen molar-refractivity contribution in [2.45, 2.75) is 49.8 Å². The Labute approximate surface area is 205 Å². The summed E-state index contributed by atoms with van der Waals surface area (Å²) in [5.41, 5.74) is 2.28. The van der Waals surface area contributed by atoms with E-state index in [1.807, 2.05) is 18.2 Å². The van der Waals surface area contributed by atoms with Crippen LogP contribution in [0, 0.1) is 0 Å². The Morgan fingerprint density at radius 3 is 2.43 bits per heavy atom. The molecule has 2 heterocycles. The first-order valence-electron chi connectivity index (χ1n) is 12.6. The van der Waals surface area contributed by atoms with E-state index >= 15 is 0 Å². The fourth-order valence-corrected chi connectivity index (χ4v) is 6.71. The molecule has 0 radical (unpaired) electrons. The van der Waals surface area contributed by atoms with Crippen LogP contribution in [0.3, 0.4) is 0 Å². The Morgan fingerprint density at radius 2 is 1.71 bits per heavy atom. The lowest BCUT2D eigenvalue weighted by Crippen LogP contribution is -2.51. The summed E-state index contributed by atoms with van der Waals surface area (Å²) in [6, 6.07) is 20.9. The van der Waals surface area contributed by atoms with Crippen molar-refractivity contribution >= 4 is 28.3 Å². The summed E-state index contributed by atoms with van der Waals surface area (Å²) in [7, 11) is 1.52. The number of likely N-dealkylation sites (tertiary alicyclic amines) is 1. The molecule has 3 aliphatic rings. The smallest absolute Gasteiger partial charge is 0.264 e. The first kappa shape index (κ1) is 22.3. The van der Waals surface area contributed by atoms with E-state index in [2.05, 4.69) is 53.5 Å². The molecule has 35 heavy (non-hydrogen) atoms. The van der Waals surface area contributed by atoms with Crippen molar-refractivity contribution in [3.8, 4) is 0 Å². The molecule has 2 amide bonds. The van der Waals surface area contributed by atoms with Crippen LogP contribution in [0.15, 0.2) is 60.7 Å². The number of benzene rings is 3. The second-order valence-electron chi connectivity index (χ2n) is 10.2. The van der Waals surface area contributed by atoms with Gasteiger partial charge >= 0.3 is 0 Å². The molecule has 2 N–H and O–H groups in total. The number of para-hydroxylation sites is 1. The maximum absolute atomic E-state index is 13.6. The monoisotopic (exact) mass is 469 g/mol. The number of anilines is 1. The molecule has 3 aromatic rings. The number of nitrogens with zero attached hydrogens (tertiary/aromatic N) is 2. The van der Waals surface area contributed by atoms with Gasteiger partial charge in [0, 0.05) is 43.7 Å². The molecule has 0 aromatic heterocycles. The van der Waals surface area contributed by atoms with Crippen LogP contribution in [0.4, 0.5) is 5.69 Å². The number of hydrogen-bond acceptors (Lipinski definition) is 4. The zero-order valence-electron chi connectivity index (χ0n) is 20.2. The van der Waals surface area contributed by atoms with E-state index < -0.39 is 5.60 Å². The van der Waals surface area contributed by atoms with Gasteiger partial charge < -0.3 is 15.3 Å². The second kappa shape index (κ2) is 8.18. The molecule has 180 valence electrons. The van der Waals surface area contributed by atoms with Crippen LogP contribution < -0.4 is 10.2 Å². The number of fused-ring (bicyclic) bond motifs is 1. The largest absolute Gasteiger partial charge is 0.375 e. The molecule has 6 rings (SSSR count). The Bertz CT molecular complexity index is 1320. The Balaban J connectivity index is 1.25. The maximum Gasteiger partial charge on any atom is 0.264 e. The quantitative estimate of drug-likeness (QED) is 0.609. The third-order valence-electron chi connectivity index (χ3n) is 8.39. The SMILES string of the molecule is CNC(=O)CC1(O)C(=O)N(C2CCN(C3c4cccc5cccc(c45)C3C)CC2)c2ccccc21. The van der Waals surface area contributed by atoms with E-state index in [4.69, 9.17) is 0 Å². The van der Waals surface area contributed by atoms with Gasteiger partial charge in [-0.1, -0.05) is 61.5 Å². The Kier molecular flexibility index (Phi) is 5.20. The summed E-state index contributed by atoms with van der Waals surface area (Å²) >= 11 is 0. The van der Waals surface area contributed by atoms with Crippen LogP contribution in [0.1, 0.15) is 54.8 Å². The fraction of sp³-hybridized carbons (Fsp3) is 0.379. The number of rotatable bonds is 4. The highest BCUT2D eigenvalue weighted by molar-refractivity contribution is 6.09. The summed E-state index contributed by atoms with van der Waals surface area (Å²) in [4.78, 5) is 30.1. The third kappa shape index (κ3) is 3.23. The van der Waals surface area contributed by atoms with Crippen molar-refractivity contribution in [2.75, 3.05) is 25.0 Å². The molecule has 6 nitrogen and oxygen atoms in total. The van der Waals surface area contributed by atoms with E-state index in [1.54, 1.807) is 11.0 Å². The third-order valence-corrected chi connectivity index (χ3v) is 8.39. The van der Waals surface area contributed by atoms with Gasteiger partial charge in [-0.3, -0.25) is 14.5 Å². The molecule has 1 saturated heterocycles. The van der Waals surface area contributed by atoms with Crippen molar-refractivity contribution in [3.63, 3.8) is 0 Å². The second-order valence-corrected chi connectivity index (χ2v) is 10.2. The van der Waals surface area contributed by atoms with E-state index in [1.165, 1.54) is 28.9 Å². The minimum Gasteiger partial charge on any atom is -0.375 e. The topological polar surface area (TPSA) is 72.9 Å². The van der Waals surface area contributed by atoms with Crippen molar-refractivity contribution in [2.24, 2.45) is 0 Å². The maximum atomic E-state index is 13.6. The zero-order chi connectivity index (χ0) is 24.3. The fourth-order valence-electron chi connectivity index (χ4n) is 6.71. The highest BCUT2D eigenvalue weighted by atomic mass is 16.3. The molecule has 0 spiro atoms. The lowest BCUT2D eigenvalue weighted by atomic mass is 9.91. The molecule has 3 atom stereocenters. The van der Waals surface area contributed by atoms with Gasteiger partial charge in [0.2, 0.25) is 5.91 Å². The molecule has 0 bridgehead atoms. The summed E-state index contributed by atoms with van der Waals surface area (Å²) in [6.45, 7) is 4.08. The number of hydrogen-bond donors (Lipinski definition) is 2. The average molecular weight is 470 g/mol. The number of piperidine rings is 1. The van der Waals surface area contributed by atoms with Crippen molar-refractivity contribution < 1.29 is 14.7 Å². The van der Waals surface area contributed by atoms with Gasteiger partial charge in [0.05, 0.1) is 12.1 Å². The lowest BCUT2D eigenvalue weighted by molar-refractivity contribution is -0.143. The van der Waals surface area contributed by atoms with Crippen LogP contribution >= 0.6 is 0 Å². The van der Waals surface area contributed by atoms with Gasteiger partial charge in [0.15, 0.2) is 5.60 Å². The van der Waals surface area contributed by atoms with Crippen LogP contribution in [0.2, 0.25) is 0 Å². The number of carbonyl (C=O) groups excluding carboxylic acids is 2. The summed E-state index contributed by atoms with van der Waals surface area (Å²) in [5.74, 6) is -0.317. The van der Waals surface area contributed by atoms with E-state index in [0.29, 0.717) is 17.5 Å². The van der Waals surface area contributed by atoms with Crippen LogP contribution in [0.5, 0.6) is 0 Å². The normalized spacial score (nSPS) is 26.4. The van der Waals surface area contributed by atoms with E-state index in [-0.39, 0.29) is 24.3 Å². The molecular formula is C29H31N3O3. The number of carbonyl (C=O) groups is 2. The molecule has 1 aliphatic carbocycles. The predicted molar refractivity (Wildman–Crippen MR) is 136 cm³/mol. The molecular weight excluding hydrogens is 438 g/mol. The minimum absolute atomic E-state index is 0.00603. The van der Waals surface area contributed by atoms with Crippen molar-refractivity contribution in [3.05, 3.63) is 77.4 Å². The molecule has 6 heteroatoms. The van der Waals surface area contributed by atoms with Gasteiger partial charge in [-0.15, -0.1) is 0 Å². The van der Waals surface area contributed by atoms with Gasteiger partial charge in [-0.25, -0.2) is 0 Å². The highest BCUT2D eigenvalue weighted by Gasteiger charge is 2.53. The number of amides is 2. The van der Waals surface area contributed by atoms with Crippen molar-refractivity contribution in [1.29, 1.82) is 0 Å². The van der Waals surface area contributed by atoms with E-state index in [9.17, 15) is 14.7 Å². The average Bonchev–Trinajstić information content (AvgIpc) is 3.29. The highest BCUT2D eigenvalue weighted by Crippen LogP contribution is 2.50. The minimum atomic E-state index is -1.81. The molecule has 3 unspecified atom stereocenters. The standard InChI is InChI=1S/C29H31N3O3/c1-18-21-9-5-7-19-8-6-10-22(26(19)21)27(18)31-15-13-20(14-16-31)32-24-12-4-3-11-23(24)29(35,28(32)34)17-25(33)30-2/h3-12,18,20,27,35H,13-17H2,1-2H3,(H,30,33). The van der Waals surface area contributed by atoms with Gasteiger partial charge in [0.25, 0.3) is 5.91 Å². The summed E-state index contributed by atoms with van der Waals surface area (Å²) in [5, 5.41) is 16.6. The number of aliphatic hydroxyl groups is 1. The molecule has 3 aromatic carbocycles. The van der Waals surface area contributed by atoms with Crippen molar-refractivity contribution in [1.82, 2.24) is 10.2 Å². The molecule has 1 fully saturated rings. The predicted octanol–water partition coefficient (Wildman–Crippen LogP) is 3.83. The lowest BCUT2D eigenvalue weighted by Gasteiger charge is -2.41. The Hall–Kier alpha value is -3.22. The van der Waals surface area contributed by atoms with Gasteiger partial charge in [0.1, 0.15) is 0 Å². The van der Waals surface area contributed by atoms with Crippen LogP contribution in [0.25, 0.3) is 10.8 Å². The summed E-state index contributed by atoms with van der Waals surface area (Å²) in [6.07, 6.45) is 1.38. The van der Waals surface area contributed by atoms with Crippen LogP contribution in [-0.2, 0) is 15.2 Å². The van der Waals surface area contributed by atoms with Gasteiger partial charge in [-0.05, 0) is 40.8 Å². The first-order valence-corrected chi connectivity index (χ1v) is 12.6. The van der Waals surface area contributed by atoms with Crippen LogP contribution in [-0.4, -0.2) is 48.0 Å². The molecule has 2 aliphatic heterocycles. The first-order chi connectivity index (χ1) is 16.9. The van der Waals surface area contributed by atoms with Gasteiger partial charge in [-0.2, -0.15) is 0 Å². The van der Waals surface area contributed by atoms with E-state index in [0.717, 1.165) is 31.6 Å². The zero-order valence-corrected chi connectivity index (χ0v) is 20.2. The number of nitrogens with one attached hydrogen (secondary N) is 1. The summed E-state index contributed by atoms with van der Waals surface area (Å²) < 4.78 is 0.